The highest BCUT2D eigenvalue weighted by Gasteiger charge is 2.35. The molecule has 4 rings (SSSR count). The molecule has 0 saturated carbocycles. The highest BCUT2D eigenvalue weighted by molar-refractivity contribution is 6.32. The Morgan fingerprint density at radius 3 is 2.57 bits per heavy atom. The van der Waals surface area contributed by atoms with Gasteiger partial charge in [0.25, 0.3) is 11.8 Å². The lowest BCUT2D eigenvalue weighted by Crippen LogP contribution is -2.35. The van der Waals surface area contributed by atoms with Crippen molar-refractivity contribution in [3.8, 4) is 0 Å². The van der Waals surface area contributed by atoms with Gasteiger partial charge in [-0.25, -0.2) is 5.01 Å². The molecule has 1 saturated heterocycles. The number of nitrogens with zero attached hydrogens (tertiary/aromatic N) is 2. The number of benzene rings is 2. The maximum absolute atomic E-state index is 12.5. The Hall–Kier alpha value is -3.21. The van der Waals surface area contributed by atoms with Crippen LogP contribution in [-0.4, -0.2) is 17.5 Å². The van der Waals surface area contributed by atoms with E-state index in [1.54, 1.807) is 18.2 Å². The summed E-state index contributed by atoms with van der Waals surface area (Å²) in [6, 6.07) is 16.8. The van der Waals surface area contributed by atoms with Crippen LogP contribution in [0.1, 0.15) is 11.1 Å². The maximum atomic E-state index is 12.5. The molecule has 2 heterocycles. The highest BCUT2D eigenvalue weighted by Crippen LogP contribution is 2.23. The SMILES string of the molecule is O=C1NN(c2ccccc2)C(=O)C1=CC1=NCc2ccccc21. The van der Waals surface area contributed by atoms with Gasteiger partial charge < -0.3 is 0 Å². The largest absolute Gasteiger partial charge is 0.282 e. The van der Waals surface area contributed by atoms with Gasteiger partial charge >= 0.3 is 0 Å². The Bertz CT molecular complexity index is 869. The number of carbonyl (C=O) groups is 2. The zero-order chi connectivity index (χ0) is 15.8. The van der Waals surface area contributed by atoms with E-state index in [1.807, 2.05) is 42.5 Å². The third kappa shape index (κ3) is 2.23. The van der Waals surface area contributed by atoms with E-state index in [4.69, 9.17) is 0 Å². The van der Waals surface area contributed by atoms with Crippen molar-refractivity contribution < 1.29 is 9.59 Å². The Labute approximate surface area is 132 Å². The number of carbonyl (C=O) groups excluding carboxylic acids is 2. The van der Waals surface area contributed by atoms with Crippen molar-refractivity contribution in [1.82, 2.24) is 5.43 Å². The molecule has 2 aliphatic heterocycles. The van der Waals surface area contributed by atoms with Gasteiger partial charge in [-0.05, 0) is 23.8 Å². The van der Waals surface area contributed by atoms with Gasteiger partial charge in [0.2, 0.25) is 0 Å². The zero-order valence-corrected chi connectivity index (χ0v) is 12.2. The summed E-state index contributed by atoms with van der Waals surface area (Å²) < 4.78 is 0. The molecule has 2 aromatic rings. The van der Waals surface area contributed by atoms with Gasteiger partial charge in [0.05, 0.1) is 17.9 Å². The van der Waals surface area contributed by atoms with E-state index in [9.17, 15) is 9.59 Å². The zero-order valence-electron chi connectivity index (χ0n) is 12.2. The first kappa shape index (κ1) is 13.5. The molecule has 23 heavy (non-hydrogen) atoms. The number of hydrogen-bond donors (Lipinski definition) is 1. The molecule has 0 atom stereocenters. The van der Waals surface area contributed by atoms with Crippen LogP contribution in [0.25, 0.3) is 0 Å². The number of anilines is 1. The third-order valence-electron chi connectivity index (χ3n) is 3.90. The van der Waals surface area contributed by atoms with Crippen molar-refractivity contribution in [3.63, 3.8) is 0 Å². The third-order valence-corrected chi connectivity index (χ3v) is 3.90. The quantitative estimate of drug-likeness (QED) is 0.681. The van der Waals surface area contributed by atoms with E-state index in [0.717, 1.165) is 11.1 Å². The summed E-state index contributed by atoms with van der Waals surface area (Å²) in [5, 5.41) is 1.26. The molecule has 2 amide bonds. The number of aliphatic imine (C=N–C) groups is 1. The number of allylic oxidation sites excluding steroid dienone is 1. The average molecular weight is 303 g/mol. The number of rotatable bonds is 2. The molecule has 5 heteroatoms. The van der Waals surface area contributed by atoms with Crippen molar-refractivity contribution >= 4 is 23.2 Å². The van der Waals surface area contributed by atoms with Gasteiger partial charge in [0.1, 0.15) is 5.57 Å². The molecule has 0 aliphatic carbocycles. The van der Waals surface area contributed by atoms with Crippen molar-refractivity contribution in [2.75, 3.05) is 5.01 Å². The number of hydrogen-bond acceptors (Lipinski definition) is 3. The molecule has 1 N–H and O–H groups in total. The molecular weight excluding hydrogens is 290 g/mol. The Morgan fingerprint density at radius 1 is 1.00 bits per heavy atom. The molecule has 0 bridgehead atoms. The summed E-state index contributed by atoms with van der Waals surface area (Å²) in [6.07, 6.45) is 1.58. The lowest BCUT2D eigenvalue weighted by atomic mass is 10.0. The van der Waals surface area contributed by atoms with Gasteiger partial charge in [-0.1, -0.05) is 42.5 Å². The van der Waals surface area contributed by atoms with E-state index in [2.05, 4.69) is 10.4 Å². The summed E-state index contributed by atoms with van der Waals surface area (Å²) in [6.45, 7) is 0.577. The number of para-hydroxylation sites is 1. The second-order valence-electron chi connectivity index (χ2n) is 5.33. The average Bonchev–Trinajstić information content (AvgIpc) is 3.12. The molecule has 0 spiro atoms. The minimum Gasteiger partial charge on any atom is -0.280 e. The Kier molecular flexibility index (Phi) is 3.05. The first-order valence-corrected chi connectivity index (χ1v) is 7.29. The van der Waals surface area contributed by atoms with Crippen molar-refractivity contribution in [1.29, 1.82) is 0 Å². The standard InChI is InChI=1S/C18H13N3O2/c22-17-15(10-16-14-9-5-4-6-12(14)11-19-16)18(23)21(20-17)13-7-2-1-3-8-13/h1-10H,11H2,(H,20,22). The molecule has 112 valence electrons. The first-order valence-electron chi connectivity index (χ1n) is 7.29. The summed E-state index contributed by atoms with van der Waals surface area (Å²) in [5.74, 6) is -0.779. The lowest BCUT2D eigenvalue weighted by molar-refractivity contribution is -0.117. The fourth-order valence-corrected chi connectivity index (χ4v) is 2.74. The van der Waals surface area contributed by atoms with Crippen LogP contribution in [0.2, 0.25) is 0 Å². The monoisotopic (exact) mass is 303 g/mol. The number of hydrazine groups is 1. The summed E-state index contributed by atoms with van der Waals surface area (Å²) in [5.41, 5.74) is 6.07. The minimum absolute atomic E-state index is 0.101. The van der Waals surface area contributed by atoms with Gasteiger partial charge in [-0.15, -0.1) is 0 Å². The van der Waals surface area contributed by atoms with Crippen LogP contribution in [-0.2, 0) is 16.1 Å². The van der Waals surface area contributed by atoms with Gasteiger partial charge in [-0.2, -0.15) is 0 Å². The van der Waals surface area contributed by atoms with E-state index in [-0.39, 0.29) is 11.5 Å². The summed E-state index contributed by atoms with van der Waals surface area (Å²) >= 11 is 0. The van der Waals surface area contributed by atoms with Gasteiger partial charge in [-0.3, -0.25) is 20.0 Å². The van der Waals surface area contributed by atoms with Crippen LogP contribution in [0.4, 0.5) is 5.69 Å². The predicted octanol–water partition coefficient (Wildman–Crippen LogP) is 1.99. The van der Waals surface area contributed by atoms with Gasteiger partial charge in [0.15, 0.2) is 0 Å². The van der Waals surface area contributed by atoms with Crippen molar-refractivity contribution in [2.24, 2.45) is 4.99 Å². The molecule has 0 radical (unpaired) electrons. The highest BCUT2D eigenvalue weighted by atomic mass is 16.2. The first-order chi connectivity index (χ1) is 11.2. The van der Waals surface area contributed by atoms with Crippen molar-refractivity contribution in [3.05, 3.63) is 77.4 Å². The van der Waals surface area contributed by atoms with E-state index >= 15 is 0 Å². The van der Waals surface area contributed by atoms with Crippen LogP contribution >= 0.6 is 0 Å². The smallest absolute Gasteiger partial charge is 0.280 e. The molecule has 2 aromatic carbocycles. The second kappa shape index (κ2) is 5.21. The minimum atomic E-state index is -0.411. The maximum Gasteiger partial charge on any atom is 0.282 e. The second-order valence-corrected chi connectivity index (χ2v) is 5.33. The van der Waals surface area contributed by atoms with Crippen LogP contribution in [0.15, 0.2) is 71.2 Å². The molecule has 0 unspecified atom stereocenters. The summed E-state index contributed by atoms with van der Waals surface area (Å²) in [7, 11) is 0. The number of nitrogens with one attached hydrogen (secondary N) is 1. The fourth-order valence-electron chi connectivity index (χ4n) is 2.74. The van der Waals surface area contributed by atoms with E-state index < -0.39 is 5.91 Å². The summed E-state index contributed by atoms with van der Waals surface area (Å²) in [4.78, 5) is 29.1. The molecule has 1 fully saturated rings. The van der Waals surface area contributed by atoms with Crippen LogP contribution in [0.3, 0.4) is 0 Å². The van der Waals surface area contributed by atoms with E-state index in [0.29, 0.717) is 17.9 Å². The van der Waals surface area contributed by atoms with Crippen LogP contribution < -0.4 is 10.4 Å². The normalized spacial score (nSPS) is 18.2. The molecular formula is C18H13N3O2. The Morgan fingerprint density at radius 2 is 1.74 bits per heavy atom. The van der Waals surface area contributed by atoms with Crippen molar-refractivity contribution in [2.45, 2.75) is 6.54 Å². The topological polar surface area (TPSA) is 61.8 Å². The molecule has 2 aliphatic rings. The van der Waals surface area contributed by atoms with Crippen LogP contribution in [0.5, 0.6) is 0 Å². The van der Waals surface area contributed by atoms with Crippen LogP contribution in [0, 0.1) is 0 Å². The molecule has 5 nitrogen and oxygen atoms in total. The van der Waals surface area contributed by atoms with Gasteiger partial charge in [0, 0.05) is 5.56 Å². The number of amides is 2. The lowest BCUT2D eigenvalue weighted by Gasteiger charge is -2.13. The molecule has 0 aromatic heterocycles. The number of fused-ring (bicyclic) bond motifs is 1. The predicted molar refractivity (Wildman–Crippen MR) is 86.8 cm³/mol. The van der Waals surface area contributed by atoms with E-state index in [1.165, 1.54) is 5.01 Å². The Balaban J connectivity index is 1.68. The fraction of sp³-hybridized carbons (Fsp3) is 0.0556.